The van der Waals surface area contributed by atoms with Gasteiger partial charge in [-0.05, 0) is 47.3 Å². The molecular weight excluding hydrogens is 426 g/mol. The summed E-state index contributed by atoms with van der Waals surface area (Å²) < 4.78 is 34.0. The fourth-order valence-corrected chi connectivity index (χ4v) is 5.20. The Kier molecular flexibility index (Phi) is 12.4. The normalized spacial score (nSPS) is 16.9. The van der Waals surface area contributed by atoms with Crippen LogP contribution in [-0.2, 0) is 19.4 Å². The van der Waals surface area contributed by atoms with Gasteiger partial charge < -0.3 is 5.32 Å². The Morgan fingerprint density at radius 3 is 1.75 bits per heavy atom. The van der Waals surface area contributed by atoms with Crippen LogP contribution in [0.5, 0.6) is 0 Å². The first-order chi connectivity index (χ1) is 14.5. The van der Waals surface area contributed by atoms with Gasteiger partial charge in [-0.25, -0.2) is 4.18 Å². The molecule has 2 N–H and O–H groups in total. The highest BCUT2D eigenvalue weighted by atomic mass is 32.3. The SMILES string of the molecule is CCC(C)(CC(=O)NCCOS(=O)(=O)O)CC(C)(C)CCC(C)(CC)CC(C)(CC)CC. The first kappa shape index (κ1) is 31.3. The van der Waals surface area contributed by atoms with Gasteiger partial charge in [-0.3, -0.25) is 9.35 Å². The quantitative estimate of drug-likeness (QED) is 0.183. The zero-order chi connectivity index (χ0) is 25.3. The van der Waals surface area contributed by atoms with Crippen LogP contribution >= 0.6 is 0 Å². The van der Waals surface area contributed by atoms with Gasteiger partial charge in [0.05, 0.1) is 6.61 Å². The second-order valence-electron chi connectivity index (χ2n) is 11.6. The molecule has 2 unspecified atom stereocenters. The average Bonchev–Trinajstić information content (AvgIpc) is 2.68. The van der Waals surface area contributed by atoms with E-state index in [0.717, 1.165) is 19.3 Å². The second kappa shape index (κ2) is 12.7. The fraction of sp³-hybridized carbons (Fsp3) is 0.960. The minimum atomic E-state index is -4.47. The van der Waals surface area contributed by atoms with Gasteiger partial charge in [0.25, 0.3) is 0 Å². The molecule has 7 heteroatoms. The summed E-state index contributed by atoms with van der Waals surface area (Å²) in [5.41, 5.74) is 0.695. The number of nitrogens with one attached hydrogen (secondary N) is 1. The minimum Gasteiger partial charge on any atom is -0.354 e. The summed E-state index contributed by atoms with van der Waals surface area (Å²) in [5, 5.41) is 2.70. The van der Waals surface area contributed by atoms with E-state index in [4.69, 9.17) is 4.55 Å². The van der Waals surface area contributed by atoms with E-state index in [1.807, 2.05) is 0 Å². The van der Waals surface area contributed by atoms with Crippen LogP contribution in [0, 0.1) is 21.7 Å². The number of rotatable bonds is 17. The van der Waals surface area contributed by atoms with Crippen LogP contribution in [0.15, 0.2) is 0 Å². The third kappa shape index (κ3) is 12.5. The smallest absolute Gasteiger partial charge is 0.354 e. The Bertz CT molecular complexity index is 672. The molecule has 0 aromatic carbocycles. The van der Waals surface area contributed by atoms with E-state index >= 15 is 0 Å². The highest BCUT2D eigenvalue weighted by Gasteiger charge is 2.36. The predicted molar refractivity (Wildman–Crippen MR) is 133 cm³/mol. The molecule has 0 fully saturated rings. The first-order valence-electron chi connectivity index (χ1n) is 12.3. The number of carbonyl (C=O) groups excluding carboxylic acids is 1. The van der Waals surface area contributed by atoms with E-state index in [0.29, 0.717) is 17.3 Å². The van der Waals surface area contributed by atoms with Crippen molar-refractivity contribution in [2.45, 2.75) is 120 Å². The standard InChI is InChI=1S/C25H51NO5S/c1-10-23(7,11-2)20-24(8,12-3)15-14-22(5,6)19-25(9,13-4)18-21(27)26-16-17-31-32(28,29)30/h10-20H2,1-9H3,(H,26,27)(H,28,29,30). The van der Waals surface area contributed by atoms with E-state index in [-0.39, 0.29) is 29.9 Å². The van der Waals surface area contributed by atoms with E-state index in [9.17, 15) is 13.2 Å². The highest BCUT2D eigenvalue weighted by Crippen LogP contribution is 2.48. The lowest BCUT2D eigenvalue weighted by molar-refractivity contribution is -0.123. The average molecular weight is 478 g/mol. The van der Waals surface area contributed by atoms with Crippen LogP contribution < -0.4 is 5.32 Å². The van der Waals surface area contributed by atoms with Gasteiger partial charge in [0, 0.05) is 13.0 Å². The van der Waals surface area contributed by atoms with E-state index in [1.54, 1.807) is 0 Å². The number of amides is 1. The van der Waals surface area contributed by atoms with E-state index in [1.165, 1.54) is 32.1 Å². The molecule has 2 atom stereocenters. The molecule has 0 aliphatic rings. The predicted octanol–water partition coefficient (Wildman–Crippen LogP) is 6.56. The maximum atomic E-state index is 12.4. The first-order valence-corrected chi connectivity index (χ1v) is 13.7. The topological polar surface area (TPSA) is 92.7 Å². The van der Waals surface area contributed by atoms with Crippen LogP contribution in [0.4, 0.5) is 0 Å². The van der Waals surface area contributed by atoms with Crippen molar-refractivity contribution < 1.29 is 21.9 Å². The Morgan fingerprint density at radius 2 is 1.31 bits per heavy atom. The van der Waals surface area contributed by atoms with Crippen molar-refractivity contribution in [3.8, 4) is 0 Å². The van der Waals surface area contributed by atoms with Crippen molar-refractivity contribution >= 4 is 16.3 Å². The third-order valence-corrected chi connectivity index (χ3v) is 8.29. The molecule has 0 bridgehead atoms. The Morgan fingerprint density at radius 1 is 0.812 bits per heavy atom. The molecule has 0 aliphatic heterocycles. The summed E-state index contributed by atoms with van der Waals surface area (Å²) in [5.74, 6) is -0.121. The van der Waals surface area contributed by atoms with E-state index in [2.05, 4.69) is 71.8 Å². The summed E-state index contributed by atoms with van der Waals surface area (Å²) in [7, 11) is -4.47. The van der Waals surface area contributed by atoms with Crippen molar-refractivity contribution in [1.82, 2.24) is 5.32 Å². The molecule has 0 rings (SSSR count). The van der Waals surface area contributed by atoms with Crippen LogP contribution in [0.1, 0.15) is 120 Å². The zero-order valence-corrected chi connectivity index (χ0v) is 23.1. The maximum Gasteiger partial charge on any atom is 0.397 e. The van der Waals surface area contributed by atoms with E-state index < -0.39 is 10.4 Å². The van der Waals surface area contributed by atoms with Gasteiger partial charge in [-0.2, -0.15) is 8.42 Å². The number of hydrogen-bond acceptors (Lipinski definition) is 4. The van der Waals surface area contributed by atoms with Crippen molar-refractivity contribution in [1.29, 1.82) is 0 Å². The molecule has 192 valence electrons. The molecule has 0 heterocycles. The van der Waals surface area contributed by atoms with Crippen molar-refractivity contribution in [3.05, 3.63) is 0 Å². The lowest BCUT2D eigenvalue weighted by Crippen LogP contribution is -2.35. The maximum absolute atomic E-state index is 12.4. The van der Waals surface area contributed by atoms with Crippen molar-refractivity contribution in [2.24, 2.45) is 21.7 Å². The molecule has 0 spiro atoms. The summed E-state index contributed by atoms with van der Waals surface area (Å²) in [6.07, 6.45) is 9.38. The Balaban J connectivity index is 4.94. The van der Waals surface area contributed by atoms with Gasteiger partial charge in [-0.1, -0.05) is 88.0 Å². The number of carbonyl (C=O) groups is 1. The van der Waals surface area contributed by atoms with Gasteiger partial charge in [0.1, 0.15) is 0 Å². The summed E-state index contributed by atoms with van der Waals surface area (Å²) >= 11 is 0. The molecule has 0 saturated carbocycles. The molecule has 32 heavy (non-hydrogen) atoms. The van der Waals surface area contributed by atoms with Crippen LogP contribution in [0.25, 0.3) is 0 Å². The molecule has 0 saturated heterocycles. The Labute approximate surface area is 198 Å². The zero-order valence-electron chi connectivity index (χ0n) is 22.3. The van der Waals surface area contributed by atoms with Gasteiger partial charge in [0.15, 0.2) is 0 Å². The number of hydrogen-bond donors (Lipinski definition) is 2. The van der Waals surface area contributed by atoms with Gasteiger partial charge >= 0.3 is 10.4 Å². The van der Waals surface area contributed by atoms with Gasteiger partial charge in [-0.15, -0.1) is 0 Å². The second-order valence-corrected chi connectivity index (χ2v) is 12.7. The monoisotopic (exact) mass is 477 g/mol. The largest absolute Gasteiger partial charge is 0.397 e. The highest BCUT2D eigenvalue weighted by molar-refractivity contribution is 7.80. The molecule has 0 radical (unpaired) electrons. The minimum absolute atomic E-state index is 0.0459. The summed E-state index contributed by atoms with van der Waals surface area (Å²) in [4.78, 5) is 12.4. The van der Waals surface area contributed by atoms with Crippen molar-refractivity contribution in [3.63, 3.8) is 0 Å². The van der Waals surface area contributed by atoms with Crippen LogP contribution in [0.2, 0.25) is 0 Å². The summed E-state index contributed by atoms with van der Waals surface area (Å²) in [6.45, 7) is 20.4. The molecular formula is C25H51NO5S. The molecule has 0 aromatic heterocycles. The van der Waals surface area contributed by atoms with Gasteiger partial charge in [0.2, 0.25) is 5.91 Å². The fourth-order valence-electron chi connectivity index (χ4n) is 4.90. The molecule has 1 amide bonds. The molecule has 0 aromatic rings. The van der Waals surface area contributed by atoms with Crippen LogP contribution in [0.3, 0.4) is 0 Å². The lowest BCUT2D eigenvalue weighted by Gasteiger charge is -2.42. The third-order valence-electron chi connectivity index (χ3n) is 7.82. The lowest BCUT2D eigenvalue weighted by atomic mass is 9.63. The molecule has 0 aliphatic carbocycles. The van der Waals surface area contributed by atoms with Crippen LogP contribution in [-0.4, -0.2) is 32.0 Å². The molecule has 6 nitrogen and oxygen atoms in total. The summed E-state index contributed by atoms with van der Waals surface area (Å²) in [6, 6.07) is 0. The Hall–Kier alpha value is -0.660. The van der Waals surface area contributed by atoms with Crippen molar-refractivity contribution in [2.75, 3.05) is 13.2 Å².